The number of rotatable bonds is 4. The molecule has 8 heteroatoms. The topological polar surface area (TPSA) is 84.2 Å². The quantitative estimate of drug-likeness (QED) is 0.625. The standard InChI is InChI=1S/C20H20BrFN4O2/c1-3-26(10(2)12-5-4-11(21)6-15(12)22)20(27)17-7-16-18(24-17)13-8-28-9-14(13)19(23)25-16/h4-7,10,24H,3,8-9H2,1-2H3,(H2,23,25)/t10-/m1/s1. The molecule has 28 heavy (non-hydrogen) atoms. The Labute approximate surface area is 170 Å². The van der Waals surface area contributed by atoms with Gasteiger partial charge in [-0.15, -0.1) is 0 Å². The maximum absolute atomic E-state index is 14.4. The normalized spacial score (nSPS) is 14.3. The molecule has 3 aromatic rings. The van der Waals surface area contributed by atoms with Gasteiger partial charge in [-0.25, -0.2) is 9.37 Å². The van der Waals surface area contributed by atoms with Crippen LogP contribution in [0.5, 0.6) is 0 Å². The Morgan fingerprint density at radius 1 is 1.39 bits per heavy atom. The molecule has 2 aromatic heterocycles. The number of fused-ring (bicyclic) bond motifs is 3. The lowest BCUT2D eigenvalue weighted by molar-refractivity contribution is 0.0694. The predicted octanol–water partition coefficient (Wildman–Crippen LogP) is 4.30. The number of hydrogen-bond donors (Lipinski definition) is 2. The highest BCUT2D eigenvalue weighted by atomic mass is 79.9. The Bertz CT molecular complexity index is 1080. The average Bonchev–Trinajstić information content (AvgIpc) is 3.28. The predicted molar refractivity (Wildman–Crippen MR) is 108 cm³/mol. The first-order valence-electron chi connectivity index (χ1n) is 9.04. The monoisotopic (exact) mass is 446 g/mol. The molecule has 1 aromatic carbocycles. The molecule has 0 spiro atoms. The van der Waals surface area contributed by atoms with Crippen LogP contribution in [0, 0.1) is 5.82 Å². The zero-order chi connectivity index (χ0) is 20.0. The van der Waals surface area contributed by atoms with Crippen LogP contribution in [0.4, 0.5) is 10.2 Å². The number of aromatic nitrogens is 2. The van der Waals surface area contributed by atoms with Crippen molar-refractivity contribution in [2.45, 2.75) is 33.1 Å². The van der Waals surface area contributed by atoms with Gasteiger partial charge >= 0.3 is 0 Å². The second-order valence-electron chi connectivity index (χ2n) is 6.82. The van der Waals surface area contributed by atoms with Gasteiger partial charge in [0.05, 0.1) is 30.3 Å². The average molecular weight is 447 g/mol. The molecule has 146 valence electrons. The van der Waals surface area contributed by atoms with E-state index in [9.17, 15) is 9.18 Å². The van der Waals surface area contributed by atoms with E-state index in [-0.39, 0.29) is 11.7 Å². The minimum absolute atomic E-state index is 0.221. The van der Waals surface area contributed by atoms with Gasteiger partial charge in [0.25, 0.3) is 5.91 Å². The molecule has 0 unspecified atom stereocenters. The van der Waals surface area contributed by atoms with Crippen LogP contribution in [0.25, 0.3) is 11.0 Å². The molecule has 0 bridgehead atoms. The van der Waals surface area contributed by atoms with E-state index in [1.807, 2.05) is 13.8 Å². The summed E-state index contributed by atoms with van der Waals surface area (Å²) in [5, 5.41) is 0. The Kier molecular flexibility index (Phi) is 4.84. The molecule has 0 saturated heterocycles. The van der Waals surface area contributed by atoms with Crippen LogP contribution < -0.4 is 5.73 Å². The smallest absolute Gasteiger partial charge is 0.270 e. The number of hydrogen-bond acceptors (Lipinski definition) is 4. The number of halogens is 2. The molecule has 3 N–H and O–H groups in total. The van der Waals surface area contributed by atoms with Crippen molar-refractivity contribution in [3.63, 3.8) is 0 Å². The Morgan fingerprint density at radius 3 is 2.86 bits per heavy atom. The summed E-state index contributed by atoms with van der Waals surface area (Å²) in [5.41, 5.74) is 10.1. The Balaban J connectivity index is 1.71. The summed E-state index contributed by atoms with van der Waals surface area (Å²) >= 11 is 3.26. The third-order valence-electron chi connectivity index (χ3n) is 5.22. The molecule has 1 aliphatic rings. The van der Waals surface area contributed by atoms with E-state index in [0.717, 1.165) is 16.6 Å². The first-order chi connectivity index (χ1) is 13.4. The highest BCUT2D eigenvalue weighted by molar-refractivity contribution is 9.10. The minimum atomic E-state index is -0.427. The highest BCUT2D eigenvalue weighted by Crippen LogP contribution is 2.32. The number of aromatic amines is 1. The van der Waals surface area contributed by atoms with Crippen LogP contribution in [0.3, 0.4) is 0 Å². The molecule has 3 heterocycles. The van der Waals surface area contributed by atoms with Crippen molar-refractivity contribution in [3.05, 3.63) is 56.9 Å². The van der Waals surface area contributed by atoms with Gasteiger partial charge in [-0.2, -0.15) is 0 Å². The fourth-order valence-electron chi connectivity index (χ4n) is 3.71. The van der Waals surface area contributed by atoms with Gasteiger partial charge in [-0.05, 0) is 32.0 Å². The van der Waals surface area contributed by atoms with E-state index >= 15 is 0 Å². The molecule has 6 nitrogen and oxygen atoms in total. The Hall–Kier alpha value is -2.45. The number of nitrogens with one attached hydrogen (secondary N) is 1. The number of ether oxygens (including phenoxy) is 1. The summed E-state index contributed by atoms with van der Waals surface area (Å²) in [6.07, 6.45) is 0. The third-order valence-corrected chi connectivity index (χ3v) is 5.71. The lowest BCUT2D eigenvalue weighted by Gasteiger charge is -2.28. The van der Waals surface area contributed by atoms with Gasteiger partial charge in [-0.1, -0.05) is 22.0 Å². The molecule has 0 saturated carbocycles. The van der Waals surface area contributed by atoms with Crippen molar-refractivity contribution < 1.29 is 13.9 Å². The van der Waals surface area contributed by atoms with Crippen LogP contribution in [0.1, 0.15) is 47.1 Å². The zero-order valence-electron chi connectivity index (χ0n) is 15.6. The zero-order valence-corrected chi connectivity index (χ0v) is 17.1. The number of carbonyl (C=O) groups is 1. The van der Waals surface area contributed by atoms with Crippen LogP contribution >= 0.6 is 15.9 Å². The number of amides is 1. The highest BCUT2D eigenvalue weighted by Gasteiger charge is 2.27. The summed E-state index contributed by atoms with van der Waals surface area (Å²) in [6.45, 7) is 4.98. The first kappa shape index (κ1) is 18.9. The molecular weight excluding hydrogens is 427 g/mol. The van der Waals surface area contributed by atoms with Gasteiger partial charge < -0.3 is 20.4 Å². The number of H-pyrrole nitrogens is 1. The van der Waals surface area contributed by atoms with Crippen LogP contribution in [-0.2, 0) is 18.0 Å². The summed E-state index contributed by atoms with van der Waals surface area (Å²) in [6, 6.07) is 6.14. The minimum Gasteiger partial charge on any atom is -0.383 e. The number of carbonyl (C=O) groups excluding carboxylic acids is 1. The number of pyridine rings is 1. The molecular formula is C20H20BrFN4O2. The van der Waals surface area contributed by atoms with Gasteiger partial charge in [0, 0.05) is 27.7 Å². The number of nitrogen functional groups attached to an aromatic ring is 1. The van der Waals surface area contributed by atoms with E-state index in [0.29, 0.717) is 46.8 Å². The summed E-state index contributed by atoms with van der Waals surface area (Å²) in [4.78, 5) is 22.4. The fraction of sp³-hybridized carbons (Fsp3) is 0.300. The largest absolute Gasteiger partial charge is 0.383 e. The maximum Gasteiger partial charge on any atom is 0.270 e. The van der Waals surface area contributed by atoms with Crippen LogP contribution in [0.2, 0.25) is 0 Å². The van der Waals surface area contributed by atoms with E-state index in [1.54, 1.807) is 23.1 Å². The van der Waals surface area contributed by atoms with Crippen molar-refractivity contribution in [1.29, 1.82) is 0 Å². The third kappa shape index (κ3) is 3.06. The van der Waals surface area contributed by atoms with Gasteiger partial charge in [0.2, 0.25) is 0 Å². The SMILES string of the molecule is CCN(C(=O)c1cc2nc(N)c3c(c2[nH]1)COC3)[C@H](C)c1ccc(Br)cc1F. The van der Waals surface area contributed by atoms with Gasteiger partial charge in [0.15, 0.2) is 0 Å². The number of benzene rings is 1. The van der Waals surface area contributed by atoms with Crippen molar-refractivity contribution in [2.24, 2.45) is 0 Å². The molecule has 0 radical (unpaired) electrons. The molecule has 1 atom stereocenters. The van der Waals surface area contributed by atoms with Gasteiger partial charge in [0.1, 0.15) is 17.3 Å². The second kappa shape index (κ2) is 7.18. The van der Waals surface area contributed by atoms with Crippen LogP contribution in [0.15, 0.2) is 28.7 Å². The summed E-state index contributed by atoms with van der Waals surface area (Å²) < 4.78 is 20.6. The number of nitrogens with zero attached hydrogens (tertiary/aromatic N) is 2. The van der Waals surface area contributed by atoms with Crippen molar-refractivity contribution in [2.75, 3.05) is 12.3 Å². The van der Waals surface area contributed by atoms with Crippen molar-refractivity contribution >= 4 is 38.7 Å². The second-order valence-corrected chi connectivity index (χ2v) is 7.74. The molecule has 1 aliphatic heterocycles. The summed E-state index contributed by atoms with van der Waals surface area (Å²) in [7, 11) is 0. The van der Waals surface area contributed by atoms with Crippen LogP contribution in [-0.4, -0.2) is 27.3 Å². The molecule has 4 rings (SSSR count). The maximum atomic E-state index is 14.4. The van der Waals surface area contributed by atoms with Crippen molar-refractivity contribution in [3.8, 4) is 0 Å². The number of nitrogens with two attached hydrogens (primary N) is 1. The number of anilines is 1. The van der Waals surface area contributed by atoms with E-state index in [4.69, 9.17) is 10.5 Å². The molecule has 1 amide bonds. The lowest BCUT2D eigenvalue weighted by atomic mass is 10.1. The summed E-state index contributed by atoms with van der Waals surface area (Å²) in [5.74, 6) is -0.147. The van der Waals surface area contributed by atoms with E-state index in [2.05, 4.69) is 25.9 Å². The fourth-order valence-corrected chi connectivity index (χ4v) is 4.04. The van der Waals surface area contributed by atoms with E-state index < -0.39 is 6.04 Å². The van der Waals surface area contributed by atoms with Crippen molar-refractivity contribution in [1.82, 2.24) is 14.9 Å². The first-order valence-corrected chi connectivity index (χ1v) is 9.83. The Morgan fingerprint density at radius 2 is 2.14 bits per heavy atom. The molecule has 0 fully saturated rings. The molecule has 0 aliphatic carbocycles. The van der Waals surface area contributed by atoms with Gasteiger partial charge in [-0.3, -0.25) is 4.79 Å². The van der Waals surface area contributed by atoms with E-state index in [1.165, 1.54) is 6.07 Å². The lowest BCUT2D eigenvalue weighted by Crippen LogP contribution is -2.34.